The monoisotopic (exact) mass is 137 g/mol. The Morgan fingerprint density at radius 2 is 2.40 bits per heavy atom. The molecule has 0 aromatic carbocycles. The van der Waals surface area contributed by atoms with Crippen LogP contribution in [0.15, 0.2) is 12.7 Å². The van der Waals surface area contributed by atoms with Crippen LogP contribution in [0.1, 0.15) is 19.3 Å². The second kappa shape index (κ2) is 2.40. The summed E-state index contributed by atoms with van der Waals surface area (Å²) in [5, 5.41) is 4.04. The van der Waals surface area contributed by atoms with E-state index in [0.29, 0.717) is 0 Å². The molecule has 0 N–H and O–H groups in total. The summed E-state index contributed by atoms with van der Waals surface area (Å²) in [6, 6.07) is 0. The van der Waals surface area contributed by atoms with Gasteiger partial charge >= 0.3 is 0 Å². The van der Waals surface area contributed by atoms with E-state index in [0.717, 1.165) is 12.5 Å². The molecular weight excluding hydrogens is 126 g/mol. The molecule has 0 bridgehead atoms. The van der Waals surface area contributed by atoms with Crippen LogP contribution in [0.3, 0.4) is 0 Å². The van der Waals surface area contributed by atoms with E-state index < -0.39 is 0 Å². The molecule has 0 atom stereocenters. The lowest BCUT2D eigenvalue weighted by Gasteiger charge is -2.24. The molecule has 0 amide bonds. The Morgan fingerprint density at radius 3 is 2.90 bits per heavy atom. The van der Waals surface area contributed by atoms with Crippen molar-refractivity contribution in [2.24, 2.45) is 5.92 Å². The molecule has 3 nitrogen and oxygen atoms in total. The van der Waals surface area contributed by atoms with Crippen LogP contribution in [-0.2, 0) is 6.54 Å². The standard InChI is InChI=1S/C7H11N3/c1-2-7(3-1)4-10-6-8-5-9-10/h5-7H,1-4H2. The normalized spacial score (nSPS) is 18.8. The molecule has 2 rings (SSSR count). The van der Waals surface area contributed by atoms with E-state index in [1.807, 2.05) is 4.68 Å². The Bertz CT molecular complexity index is 189. The maximum absolute atomic E-state index is 4.04. The van der Waals surface area contributed by atoms with E-state index in [9.17, 15) is 0 Å². The molecule has 10 heavy (non-hydrogen) atoms. The van der Waals surface area contributed by atoms with E-state index >= 15 is 0 Å². The Balaban J connectivity index is 1.90. The summed E-state index contributed by atoms with van der Waals surface area (Å²) in [5.74, 6) is 0.877. The van der Waals surface area contributed by atoms with Gasteiger partial charge in [0, 0.05) is 6.54 Å². The van der Waals surface area contributed by atoms with E-state index in [1.54, 1.807) is 12.7 Å². The molecule has 1 heterocycles. The highest BCUT2D eigenvalue weighted by molar-refractivity contribution is 4.70. The van der Waals surface area contributed by atoms with Gasteiger partial charge in [-0.3, -0.25) is 4.68 Å². The number of nitrogens with zero attached hydrogens (tertiary/aromatic N) is 3. The highest BCUT2D eigenvalue weighted by atomic mass is 15.3. The van der Waals surface area contributed by atoms with Gasteiger partial charge in [-0.05, 0) is 18.8 Å². The quantitative estimate of drug-likeness (QED) is 0.610. The summed E-state index contributed by atoms with van der Waals surface area (Å²) in [5.41, 5.74) is 0. The molecule has 1 aromatic heterocycles. The summed E-state index contributed by atoms with van der Waals surface area (Å²) in [4.78, 5) is 3.89. The lowest BCUT2D eigenvalue weighted by molar-refractivity contribution is 0.266. The van der Waals surface area contributed by atoms with Gasteiger partial charge in [0.05, 0.1) is 0 Å². The largest absolute Gasteiger partial charge is 0.253 e. The van der Waals surface area contributed by atoms with E-state index in [1.165, 1.54) is 19.3 Å². The molecule has 1 aromatic rings. The molecule has 0 aliphatic heterocycles. The Labute approximate surface area is 60.1 Å². The van der Waals surface area contributed by atoms with Crippen molar-refractivity contribution in [1.82, 2.24) is 14.8 Å². The predicted octanol–water partition coefficient (Wildman–Crippen LogP) is 1.08. The number of rotatable bonds is 2. The molecule has 0 saturated heterocycles. The van der Waals surface area contributed by atoms with Gasteiger partial charge in [0.1, 0.15) is 12.7 Å². The Hall–Kier alpha value is -0.860. The SMILES string of the molecule is c1ncn(CC2CCC2)n1. The van der Waals surface area contributed by atoms with Crippen molar-refractivity contribution in [3.63, 3.8) is 0 Å². The minimum Gasteiger partial charge on any atom is -0.253 e. The van der Waals surface area contributed by atoms with Gasteiger partial charge in [-0.2, -0.15) is 5.10 Å². The third-order valence-electron chi connectivity index (χ3n) is 2.14. The van der Waals surface area contributed by atoms with Crippen LogP contribution in [0.4, 0.5) is 0 Å². The second-order valence-corrected chi connectivity index (χ2v) is 2.91. The smallest absolute Gasteiger partial charge is 0.137 e. The maximum Gasteiger partial charge on any atom is 0.137 e. The minimum absolute atomic E-state index is 0.877. The molecule has 54 valence electrons. The Kier molecular flexibility index (Phi) is 1.42. The van der Waals surface area contributed by atoms with Crippen molar-refractivity contribution in [3.8, 4) is 0 Å². The van der Waals surface area contributed by atoms with E-state index in [-0.39, 0.29) is 0 Å². The van der Waals surface area contributed by atoms with Crippen LogP contribution in [0.5, 0.6) is 0 Å². The van der Waals surface area contributed by atoms with Gasteiger partial charge < -0.3 is 0 Å². The molecule has 1 fully saturated rings. The van der Waals surface area contributed by atoms with Crippen LogP contribution in [0.25, 0.3) is 0 Å². The first-order chi connectivity index (χ1) is 4.95. The third kappa shape index (κ3) is 1.03. The van der Waals surface area contributed by atoms with Crippen LogP contribution in [0, 0.1) is 5.92 Å². The fraction of sp³-hybridized carbons (Fsp3) is 0.714. The average molecular weight is 137 g/mol. The zero-order valence-electron chi connectivity index (χ0n) is 5.90. The van der Waals surface area contributed by atoms with Gasteiger partial charge in [-0.1, -0.05) is 6.42 Å². The van der Waals surface area contributed by atoms with Crippen molar-refractivity contribution in [2.45, 2.75) is 25.8 Å². The van der Waals surface area contributed by atoms with Crippen LogP contribution >= 0.6 is 0 Å². The average Bonchev–Trinajstić information content (AvgIpc) is 2.29. The zero-order chi connectivity index (χ0) is 6.81. The summed E-state index contributed by atoms with van der Waals surface area (Å²) < 4.78 is 1.92. The molecule has 3 heteroatoms. The first-order valence-electron chi connectivity index (χ1n) is 3.77. The lowest BCUT2D eigenvalue weighted by Crippen LogP contribution is -2.18. The molecule has 1 saturated carbocycles. The molecule has 1 aliphatic rings. The number of hydrogen-bond acceptors (Lipinski definition) is 2. The summed E-state index contributed by atoms with van der Waals surface area (Å²) >= 11 is 0. The topological polar surface area (TPSA) is 30.7 Å². The minimum atomic E-state index is 0.877. The van der Waals surface area contributed by atoms with Gasteiger partial charge in [0.25, 0.3) is 0 Å². The van der Waals surface area contributed by atoms with Gasteiger partial charge in [-0.15, -0.1) is 0 Å². The molecular formula is C7H11N3. The van der Waals surface area contributed by atoms with E-state index in [4.69, 9.17) is 0 Å². The first kappa shape index (κ1) is 5.89. The van der Waals surface area contributed by atoms with Gasteiger partial charge in [0.15, 0.2) is 0 Å². The van der Waals surface area contributed by atoms with Crippen molar-refractivity contribution in [1.29, 1.82) is 0 Å². The number of hydrogen-bond donors (Lipinski definition) is 0. The summed E-state index contributed by atoms with van der Waals surface area (Å²) in [7, 11) is 0. The van der Waals surface area contributed by atoms with Crippen LogP contribution in [0.2, 0.25) is 0 Å². The van der Waals surface area contributed by atoms with Gasteiger partial charge in [0.2, 0.25) is 0 Å². The van der Waals surface area contributed by atoms with Crippen molar-refractivity contribution in [2.75, 3.05) is 0 Å². The fourth-order valence-electron chi connectivity index (χ4n) is 1.27. The van der Waals surface area contributed by atoms with Crippen molar-refractivity contribution >= 4 is 0 Å². The summed E-state index contributed by atoms with van der Waals surface area (Å²) in [6.45, 7) is 1.07. The predicted molar refractivity (Wildman–Crippen MR) is 37.4 cm³/mol. The van der Waals surface area contributed by atoms with Gasteiger partial charge in [-0.25, -0.2) is 4.98 Å². The third-order valence-corrected chi connectivity index (χ3v) is 2.14. The molecule has 1 aliphatic carbocycles. The van der Waals surface area contributed by atoms with Crippen molar-refractivity contribution in [3.05, 3.63) is 12.7 Å². The highest BCUT2D eigenvalue weighted by Crippen LogP contribution is 2.27. The summed E-state index contributed by atoms with van der Waals surface area (Å²) in [6.07, 6.45) is 7.54. The number of aromatic nitrogens is 3. The molecule has 0 unspecified atom stereocenters. The first-order valence-corrected chi connectivity index (χ1v) is 3.77. The van der Waals surface area contributed by atoms with Crippen LogP contribution < -0.4 is 0 Å². The maximum atomic E-state index is 4.04. The highest BCUT2D eigenvalue weighted by Gasteiger charge is 2.17. The van der Waals surface area contributed by atoms with E-state index in [2.05, 4.69) is 10.1 Å². The van der Waals surface area contributed by atoms with Crippen molar-refractivity contribution < 1.29 is 0 Å². The Morgan fingerprint density at radius 1 is 1.50 bits per heavy atom. The molecule has 0 radical (unpaired) electrons. The fourth-order valence-corrected chi connectivity index (χ4v) is 1.27. The molecule has 0 spiro atoms. The zero-order valence-corrected chi connectivity index (χ0v) is 5.90. The lowest BCUT2D eigenvalue weighted by atomic mass is 9.86. The van der Waals surface area contributed by atoms with Crippen LogP contribution in [-0.4, -0.2) is 14.8 Å². The second-order valence-electron chi connectivity index (χ2n) is 2.91.